The van der Waals surface area contributed by atoms with Gasteiger partial charge in [-0.1, -0.05) is 0 Å². The van der Waals surface area contributed by atoms with Crippen molar-refractivity contribution in [1.82, 2.24) is 0 Å². The molecule has 0 saturated carbocycles. The van der Waals surface area contributed by atoms with Gasteiger partial charge < -0.3 is 4.74 Å². The summed E-state index contributed by atoms with van der Waals surface area (Å²) in [5, 5.41) is 0. The van der Waals surface area contributed by atoms with Gasteiger partial charge in [0.15, 0.2) is 0 Å². The van der Waals surface area contributed by atoms with Crippen LogP contribution in [0.4, 0.5) is 4.39 Å². The maximum Gasteiger partial charge on any atom is 0.261 e. The molecule has 3 nitrogen and oxygen atoms in total. The van der Waals surface area contributed by atoms with Gasteiger partial charge >= 0.3 is 0 Å². The summed E-state index contributed by atoms with van der Waals surface area (Å²) in [5.74, 6) is 0.425. The van der Waals surface area contributed by atoms with E-state index in [1.807, 2.05) is 0 Å². The van der Waals surface area contributed by atoms with Gasteiger partial charge in [-0.2, -0.15) is 0 Å². The van der Waals surface area contributed by atoms with E-state index in [0.717, 1.165) is 0 Å². The molecular weight excluding hydrogens is 243 g/mol. The van der Waals surface area contributed by atoms with Gasteiger partial charge in [0, 0.05) is 10.7 Å². The van der Waals surface area contributed by atoms with Crippen LogP contribution in [0.25, 0.3) is 0 Å². The summed E-state index contributed by atoms with van der Waals surface area (Å²) in [6, 6.07) is 4.29. The molecule has 0 spiro atoms. The fraction of sp³-hybridized carbons (Fsp3) is 0.333. The minimum Gasteiger partial charge on any atom is -0.491 e. The fourth-order valence-electron chi connectivity index (χ4n) is 1.14. The van der Waals surface area contributed by atoms with Crippen molar-refractivity contribution in [2.75, 3.05) is 13.3 Å². The SMILES string of the molecule is Cc1cc(OCCF)ccc1S(=O)(=O)Cl. The van der Waals surface area contributed by atoms with Crippen LogP contribution in [0.3, 0.4) is 0 Å². The third kappa shape index (κ3) is 3.35. The second-order valence-electron chi connectivity index (χ2n) is 2.90. The summed E-state index contributed by atoms with van der Waals surface area (Å²) < 4.78 is 38.9. The fourth-order valence-corrected chi connectivity index (χ4v) is 2.34. The van der Waals surface area contributed by atoms with Crippen molar-refractivity contribution in [1.29, 1.82) is 0 Å². The highest BCUT2D eigenvalue weighted by molar-refractivity contribution is 8.13. The lowest BCUT2D eigenvalue weighted by Crippen LogP contribution is -2.00. The third-order valence-electron chi connectivity index (χ3n) is 1.75. The molecule has 1 aromatic rings. The number of alkyl halides is 1. The van der Waals surface area contributed by atoms with Gasteiger partial charge in [0.1, 0.15) is 19.0 Å². The molecule has 6 heteroatoms. The normalized spacial score (nSPS) is 11.4. The quantitative estimate of drug-likeness (QED) is 0.772. The average Bonchev–Trinajstić information content (AvgIpc) is 2.12. The Kier molecular flexibility index (Phi) is 3.93. The molecular formula is C9H10ClFO3S. The molecule has 1 rings (SSSR count). The second-order valence-corrected chi connectivity index (χ2v) is 5.44. The Morgan fingerprint density at radius 2 is 2.13 bits per heavy atom. The maximum absolute atomic E-state index is 11.8. The summed E-state index contributed by atoms with van der Waals surface area (Å²) in [7, 11) is 1.46. The van der Waals surface area contributed by atoms with Crippen LogP contribution in [-0.2, 0) is 9.05 Å². The number of hydrogen-bond donors (Lipinski definition) is 0. The molecule has 0 atom stereocenters. The first-order valence-electron chi connectivity index (χ1n) is 4.19. The Morgan fingerprint density at radius 1 is 1.47 bits per heavy atom. The molecule has 0 bridgehead atoms. The first-order valence-corrected chi connectivity index (χ1v) is 6.50. The van der Waals surface area contributed by atoms with Gasteiger partial charge in [0.25, 0.3) is 9.05 Å². The molecule has 0 aromatic heterocycles. The molecule has 15 heavy (non-hydrogen) atoms. The molecule has 0 aliphatic carbocycles. The van der Waals surface area contributed by atoms with Crippen LogP contribution in [0.2, 0.25) is 0 Å². The van der Waals surface area contributed by atoms with Gasteiger partial charge in [0.05, 0.1) is 4.90 Å². The summed E-state index contributed by atoms with van der Waals surface area (Å²) in [6.45, 7) is 0.957. The monoisotopic (exact) mass is 252 g/mol. The van der Waals surface area contributed by atoms with Crippen LogP contribution in [-0.4, -0.2) is 21.7 Å². The third-order valence-corrected chi connectivity index (χ3v) is 3.24. The number of rotatable bonds is 4. The number of hydrogen-bond acceptors (Lipinski definition) is 3. The van der Waals surface area contributed by atoms with E-state index in [0.29, 0.717) is 11.3 Å². The zero-order chi connectivity index (χ0) is 11.5. The maximum atomic E-state index is 11.8. The predicted molar refractivity (Wildman–Crippen MR) is 55.7 cm³/mol. The highest BCUT2D eigenvalue weighted by atomic mass is 35.7. The van der Waals surface area contributed by atoms with Crippen molar-refractivity contribution >= 4 is 19.7 Å². The van der Waals surface area contributed by atoms with Gasteiger partial charge in [-0.05, 0) is 30.7 Å². The standard InChI is InChI=1S/C9H10ClFO3S/c1-7-6-8(14-5-4-11)2-3-9(7)15(10,12)13/h2-3,6H,4-5H2,1H3. The first-order chi connectivity index (χ1) is 6.95. The van der Waals surface area contributed by atoms with E-state index >= 15 is 0 Å². The summed E-state index contributed by atoms with van der Waals surface area (Å²) in [4.78, 5) is 0.0387. The topological polar surface area (TPSA) is 43.4 Å². The van der Waals surface area contributed by atoms with Crippen molar-refractivity contribution in [2.45, 2.75) is 11.8 Å². The lowest BCUT2D eigenvalue weighted by Gasteiger charge is -2.06. The molecule has 0 N–H and O–H groups in total. The molecule has 0 heterocycles. The molecule has 0 aliphatic heterocycles. The minimum atomic E-state index is -3.73. The van der Waals surface area contributed by atoms with E-state index in [1.165, 1.54) is 18.2 Å². The van der Waals surface area contributed by atoms with Crippen LogP contribution in [0.1, 0.15) is 5.56 Å². The molecule has 0 radical (unpaired) electrons. The Bertz CT molecular complexity index is 445. The van der Waals surface area contributed by atoms with Crippen molar-refractivity contribution in [3.63, 3.8) is 0 Å². The Labute approximate surface area is 92.2 Å². The molecule has 0 fully saturated rings. The smallest absolute Gasteiger partial charge is 0.261 e. The Hall–Kier alpha value is -0.810. The van der Waals surface area contributed by atoms with E-state index < -0.39 is 15.7 Å². The molecule has 0 unspecified atom stereocenters. The highest BCUT2D eigenvalue weighted by Crippen LogP contribution is 2.23. The molecule has 0 saturated heterocycles. The molecule has 84 valence electrons. The average molecular weight is 253 g/mol. The van der Waals surface area contributed by atoms with E-state index in [4.69, 9.17) is 15.4 Å². The molecule has 0 amide bonds. The second kappa shape index (κ2) is 4.81. The number of ether oxygens (including phenoxy) is 1. The van der Waals surface area contributed by atoms with E-state index in [-0.39, 0.29) is 11.5 Å². The lowest BCUT2D eigenvalue weighted by atomic mass is 10.2. The largest absolute Gasteiger partial charge is 0.491 e. The molecule has 1 aromatic carbocycles. The molecule has 0 aliphatic rings. The van der Waals surface area contributed by atoms with Crippen molar-refractivity contribution in [3.8, 4) is 5.75 Å². The predicted octanol–water partition coefficient (Wildman–Crippen LogP) is 2.27. The number of benzene rings is 1. The van der Waals surface area contributed by atoms with Crippen LogP contribution < -0.4 is 4.74 Å². The Balaban J connectivity index is 2.99. The minimum absolute atomic E-state index is 0.0387. The Morgan fingerprint density at radius 3 is 2.60 bits per heavy atom. The summed E-state index contributed by atoms with van der Waals surface area (Å²) in [5.41, 5.74) is 0.473. The zero-order valence-electron chi connectivity index (χ0n) is 8.04. The van der Waals surface area contributed by atoms with Crippen molar-refractivity contribution in [2.24, 2.45) is 0 Å². The van der Waals surface area contributed by atoms with Crippen LogP contribution in [0.15, 0.2) is 23.1 Å². The van der Waals surface area contributed by atoms with Gasteiger partial charge in [-0.3, -0.25) is 0 Å². The van der Waals surface area contributed by atoms with Crippen LogP contribution in [0.5, 0.6) is 5.75 Å². The van der Waals surface area contributed by atoms with E-state index in [9.17, 15) is 12.8 Å². The number of halogens is 2. The van der Waals surface area contributed by atoms with Crippen LogP contribution in [0, 0.1) is 6.92 Å². The summed E-state index contributed by atoms with van der Waals surface area (Å²) >= 11 is 0. The van der Waals surface area contributed by atoms with Gasteiger partial charge in [-0.15, -0.1) is 0 Å². The van der Waals surface area contributed by atoms with Gasteiger partial charge in [0.2, 0.25) is 0 Å². The first kappa shape index (κ1) is 12.3. The highest BCUT2D eigenvalue weighted by Gasteiger charge is 2.13. The van der Waals surface area contributed by atoms with E-state index in [1.54, 1.807) is 6.92 Å². The lowest BCUT2D eigenvalue weighted by molar-refractivity contribution is 0.273. The summed E-state index contributed by atoms with van der Waals surface area (Å²) in [6.07, 6.45) is 0. The zero-order valence-corrected chi connectivity index (χ0v) is 9.61. The van der Waals surface area contributed by atoms with E-state index in [2.05, 4.69) is 0 Å². The number of aryl methyl sites for hydroxylation is 1. The van der Waals surface area contributed by atoms with Crippen molar-refractivity contribution < 1.29 is 17.5 Å². The van der Waals surface area contributed by atoms with Gasteiger partial charge in [-0.25, -0.2) is 12.8 Å². The van der Waals surface area contributed by atoms with Crippen LogP contribution >= 0.6 is 10.7 Å². The van der Waals surface area contributed by atoms with Crippen molar-refractivity contribution in [3.05, 3.63) is 23.8 Å².